The maximum atomic E-state index is 13.6. The van der Waals surface area contributed by atoms with Crippen LogP contribution in [0.15, 0.2) is 18.2 Å². The fourth-order valence-corrected chi connectivity index (χ4v) is 5.28. The van der Waals surface area contributed by atoms with Crippen LogP contribution >= 0.6 is 0 Å². The second kappa shape index (κ2) is 7.28. The number of aliphatic hydroxyl groups is 1. The van der Waals surface area contributed by atoms with Gasteiger partial charge in [-0.2, -0.15) is 0 Å². The first-order valence-electron chi connectivity index (χ1n) is 10.3. The van der Waals surface area contributed by atoms with Crippen LogP contribution in [0.4, 0.5) is 0 Å². The van der Waals surface area contributed by atoms with Crippen LogP contribution in [0.25, 0.3) is 0 Å². The van der Waals surface area contributed by atoms with Crippen molar-refractivity contribution in [3.8, 4) is 11.5 Å². The van der Waals surface area contributed by atoms with Gasteiger partial charge in [-0.05, 0) is 63.5 Å². The summed E-state index contributed by atoms with van der Waals surface area (Å²) in [6, 6.07) is 4.34. The number of amides is 2. The van der Waals surface area contributed by atoms with Gasteiger partial charge >= 0.3 is 0 Å². The van der Waals surface area contributed by atoms with Crippen LogP contribution < -0.4 is 0 Å². The van der Waals surface area contributed by atoms with E-state index < -0.39 is 11.4 Å². The lowest BCUT2D eigenvalue weighted by molar-refractivity contribution is -0.149. The largest absolute Gasteiger partial charge is 0.507 e. The van der Waals surface area contributed by atoms with Crippen LogP contribution in [0.1, 0.15) is 61.7 Å². The maximum absolute atomic E-state index is 13.6. The molecule has 0 bridgehead atoms. The Kier molecular flexibility index (Phi) is 4.95. The van der Waals surface area contributed by atoms with Gasteiger partial charge in [-0.15, -0.1) is 0 Å². The molecule has 28 heavy (non-hydrogen) atoms. The topological polar surface area (TPSA) is 101 Å². The van der Waals surface area contributed by atoms with Crippen molar-refractivity contribution >= 4 is 11.8 Å². The van der Waals surface area contributed by atoms with Gasteiger partial charge in [-0.1, -0.05) is 6.07 Å². The molecule has 0 radical (unpaired) electrons. The number of phenolic OH excluding ortho intramolecular Hbond substituents is 2. The molecule has 4 rings (SSSR count). The Morgan fingerprint density at radius 1 is 1.00 bits per heavy atom. The molecule has 3 N–H and O–H groups in total. The zero-order valence-corrected chi connectivity index (χ0v) is 16.0. The predicted octanol–water partition coefficient (Wildman–Crippen LogP) is 2.00. The molecule has 7 heteroatoms. The molecule has 3 aliphatic rings. The molecular weight excluding hydrogens is 360 g/mol. The monoisotopic (exact) mass is 388 g/mol. The average molecular weight is 388 g/mol. The van der Waals surface area contributed by atoms with Crippen molar-refractivity contribution in [1.82, 2.24) is 9.80 Å². The summed E-state index contributed by atoms with van der Waals surface area (Å²) in [5.74, 6) is -1.04. The number of piperidine rings is 1. The van der Waals surface area contributed by atoms with Crippen molar-refractivity contribution in [2.75, 3.05) is 13.1 Å². The van der Waals surface area contributed by atoms with Gasteiger partial charge in [0.15, 0.2) is 0 Å². The Morgan fingerprint density at radius 2 is 1.61 bits per heavy atom. The number of likely N-dealkylation sites (tertiary alicyclic amines) is 2. The van der Waals surface area contributed by atoms with Crippen LogP contribution in [0.3, 0.4) is 0 Å². The highest BCUT2D eigenvalue weighted by molar-refractivity contribution is 6.03. The zero-order chi connectivity index (χ0) is 19.9. The smallest absolute Gasteiger partial charge is 0.262 e. The van der Waals surface area contributed by atoms with Crippen molar-refractivity contribution in [2.45, 2.75) is 69.1 Å². The molecule has 1 saturated carbocycles. The number of benzene rings is 1. The minimum atomic E-state index is -0.889. The van der Waals surface area contributed by atoms with E-state index in [1.807, 2.05) is 4.90 Å². The Bertz CT molecular complexity index is 754. The highest BCUT2D eigenvalue weighted by Crippen LogP contribution is 2.42. The average Bonchev–Trinajstić information content (AvgIpc) is 3.09. The highest BCUT2D eigenvalue weighted by atomic mass is 16.3. The molecule has 1 spiro atoms. The van der Waals surface area contributed by atoms with Crippen LogP contribution in [-0.4, -0.2) is 67.7 Å². The summed E-state index contributed by atoms with van der Waals surface area (Å²) in [7, 11) is 0. The minimum Gasteiger partial charge on any atom is -0.507 e. The van der Waals surface area contributed by atoms with Crippen molar-refractivity contribution in [3.63, 3.8) is 0 Å². The molecule has 3 fully saturated rings. The van der Waals surface area contributed by atoms with Gasteiger partial charge in [0.1, 0.15) is 22.6 Å². The van der Waals surface area contributed by atoms with Gasteiger partial charge in [-0.3, -0.25) is 9.59 Å². The zero-order valence-electron chi connectivity index (χ0n) is 16.0. The number of nitrogens with zero attached hydrogens (tertiary/aromatic N) is 2. The molecule has 1 aromatic carbocycles. The summed E-state index contributed by atoms with van der Waals surface area (Å²) in [4.78, 5) is 30.3. The first-order chi connectivity index (χ1) is 13.4. The highest BCUT2D eigenvalue weighted by Gasteiger charge is 2.54. The second-order valence-electron chi connectivity index (χ2n) is 8.33. The van der Waals surface area contributed by atoms with E-state index >= 15 is 0 Å². The van der Waals surface area contributed by atoms with E-state index in [-0.39, 0.29) is 35.1 Å². The molecule has 2 heterocycles. The quantitative estimate of drug-likeness (QED) is 0.719. The first kappa shape index (κ1) is 19.1. The second-order valence-corrected chi connectivity index (χ2v) is 8.33. The maximum Gasteiger partial charge on any atom is 0.262 e. The Labute approximate surface area is 164 Å². The van der Waals surface area contributed by atoms with Gasteiger partial charge in [0.2, 0.25) is 5.91 Å². The van der Waals surface area contributed by atoms with Crippen LogP contribution in [0.5, 0.6) is 11.5 Å². The van der Waals surface area contributed by atoms with Crippen molar-refractivity contribution in [3.05, 3.63) is 23.8 Å². The number of carbonyl (C=O) groups is 2. The third-order valence-electron chi connectivity index (χ3n) is 6.72. The van der Waals surface area contributed by atoms with Gasteiger partial charge in [0.05, 0.1) is 6.10 Å². The molecule has 1 aliphatic carbocycles. The Morgan fingerprint density at radius 3 is 2.25 bits per heavy atom. The fourth-order valence-electron chi connectivity index (χ4n) is 5.28. The number of aromatic hydroxyl groups is 2. The molecule has 1 unspecified atom stereocenters. The molecule has 152 valence electrons. The van der Waals surface area contributed by atoms with E-state index in [9.17, 15) is 24.9 Å². The number of carbonyl (C=O) groups excluding carboxylic acids is 2. The lowest BCUT2D eigenvalue weighted by Gasteiger charge is -2.48. The van der Waals surface area contributed by atoms with Crippen LogP contribution in [-0.2, 0) is 4.79 Å². The minimum absolute atomic E-state index is 0.0131. The molecule has 2 aliphatic heterocycles. The van der Waals surface area contributed by atoms with Crippen molar-refractivity contribution in [2.24, 2.45) is 0 Å². The van der Waals surface area contributed by atoms with Crippen molar-refractivity contribution < 1.29 is 24.9 Å². The third-order valence-corrected chi connectivity index (χ3v) is 6.72. The molecule has 2 saturated heterocycles. The van der Waals surface area contributed by atoms with E-state index in [0.717, 1.165) is 25.7 Å². The van der Waals surface area contributed by atoms with Crippen molar-refractivity contribution in [1.29, 1.82) is 0 Å². The van der Waals surface area contributed by atoms with Gasteiger partial charge in [0.25, 0.3) is 5.91 Å². The summed E-state index contributed by atoms with van der Waals surface area (Å²) in [6.45, 7) is 1.13. The number of aliphatic hydroxyl groups excluding tert-OH is 1. The lowest BCUT2D eigenvalue weighted by atomic mass is 9.82. The molecule has 1 aromatic rings. The third kappa shape index (κ3) is 3.02. The van der Waals surface area contributed by atoms with E-state index in [2.05, 4.69) is 0 Å². The van der Waals surface area contributed by atoms with Crippen LogP contribution in [0, 0.1) is 0 Å². The number of phenols is 2. The van der Waals surface area contributed by atoms with Gasteiger partial charge in [0, 0.05) is 19.1 Å². The summed E-state index contributed by atoms with van der Waals surface area (Å²) in [5.41, 5.74) is -1.02. The van der Waals surface area contributed by atoms with Gasteiger partial charge in [-0.25, -0.2) is 0 Å². The summed E-state index contributed by atoms with van der Waals surface area (Å²) in [5, 5.41) is 30.0. The van der Waals surface area contributed by atoms with E-state index in [1.54, 1.807) is 4.90 Å². The van der Waals surface area contributed by atoms with E-state index in [1.165, 1.54) is 18.2 Å². The van der Waals surface area contributed by atoms with E-state index in [0.29, 0.717) is 38.8 Å². The first-order valence-corrected chi connectivity index (χ1v) is 10.3. The fraction of sp³-hybridized carbons (Fsp3) is 0.619. The van der Waals surface area contributed by atoms with E-state index in [4.69, 9.17) is 0 Å². The van der Waals surface area contributed by atoms with Crippen LogP contribution in [0.2, 0.25) is 0 Å². The van der Waals surface area contributed by atoms with Gasteiger partial charge < -0.3 is 25.1 Å². The normalized spacial score (nSPS) is 30.8. The lowest BCUT2D eigenvalue weighted by Crippen LogP contribution is -2.63. The molecule has 7 nitrogen and oxygen atoms in total. The molecule has 1 atom stereocenters. The summed E-state index contributed by atoms with van der Waals surface area (Å²) >= 11 is 0. The Balaban J connectivity index is 1.62. The number of hydrogen-bond donors (Lipinski definition) is 3. The molecular formula is C21H28N2O5. The summed E-state index contributed by atoms with van der Waals surface area (Å²) < 4.78 is 0. The Hall–Kier alpha value is -2.28. The number of hydrogen-bond acceptors (Lipinski definition) is 5. The molecule has 2 amide bonds. The standard InChI is InChI=1S/C21H28N2O5/c24-15-8-6-14(7-9-15)22-12-2-10-21(20(22)28)11-3-13-23(21)19(27)18-16(25)4-1-5-17(18)26/h1,4-5,14-15,24-26H,2-3,6-13H2. The number of rotatable bonds is 2. The predicted molar refractivity (Wildman–Crippen MR) is 102 cm³/mol. The molecule has 0 aromatic heterocycles. The SMILES string of the molecule is O=C(c1c(O)cccc1O)N1CCCC12CCCN(C1CCC(O)CC1)C2=O. The summed E-state index contributed by atoms with van der Waals surface area (Å²) in [6.07, 6.45) is 5.47.